The summed E-state index contributed by atoms with van der Waals surface area (Å²) < 4.78 is 17.3. The van der Waals surface area contributed by atoms with Crippen LogP contribution in [0.5, 0.6) is 0 Å². The second-order valence-electron chi connectivity index (χ2n) is 6.58. The largest absolute Gasteiger partial charge is 0.456 e. The molecule has 2 atom stereocenters. The third-order valence-corrected chi connectivity index (χ3v) is 6.37. The van der Waals surface area contributed by atoms with Gasteiger partial charge in [-0.1, -0.05) is 18.3 Å². The van der Waals surface area contributed by atoms with E-state index >= 15 is 0 Å². The molecule has 0 amide bonds. The molecule has 0 N–H and O–H groups in total. The Morgan fingerprint density at radius 3 is 2.73 bits per heavy atom. The molecule has 0 radical (unpaired) electrons. The lowest BCUT2D eigenvalue weighted by atomic mass is 10.2. The topological polar surface area (TPSA) is 59.5 Å². The van der Waals surface area contributed by atoms with Crippen LogP contribution in [0, 0.1) is 6.92 Å². The van der Waals surface area contributed by atoms with E-state index in [1.807, 2.05) is 34.6 Å². The molecule has 2 unspecified atom stereocenters. The van der Waals surface area contributed by atoms with Gasteiger partial charge in [0.05, 0.1) is 5.69 Å². The average Bonchev–Trinajstić information content (AvgIpc) is 2.69. The van der Waals surface area contributed by atoms with Crippen molar-refractivity contribution in [2.75, 3.05) is 23.7 Å². The molecule has 0 saturated carbocycles. The number of carbonyl (C=O) groups is 1. The number of esters is 1. The normalized spacial score (nSPS) is 23.2. The Labute approximate surface area is 138 Å². The summed E-state index contributed by atoms with van der Waals surface area (Å²) in [5, 5.41) is 1.04. The van der Waals surface area contributed by atoms with E-state index in [-0.39, 0.29) is 11.2 Å². The minimum Gasteiger partial charge on any atom is -0.456 e. The van der Waals surface area contributed by atoms with Crippen LogP contribution in [0.25, 0.3) is 0 Å². The number of nitrogens with zero attached hydrogens (tertiary/aromatic N) is 2. The second-order valence-corrected chi connectivity index (χ2v) is 9.54. The van der Waals surface area contributed by atoms with Crippen molar-refractivity contribution in [3.8, 4) is 0 Å². The number of thiazole rings is 1. The Morgan fingerprint density at radius 2 is 2.09 bits per heavy atom. The highest BCUT2D eigenvalue weighted by atomic mass is 32.2. The smallest absolute Gasteiger partial charge is 0.350 e. The first-order chi connectivity index (χ1) is 10.2. The SMILES string of the molecule is Cc1nc(N2CCC(C)S(=O)CC2)sc1C(=O)OC(C)(C)C. The number of aryl methyl sites for hydroxylation is 1. The van der Waals surface area contributed by atoms with Crippen LogP contribution in [-0.4, -0.2) is 44.9 Å². The van der Waals surface area contributed by atoms with Gasteiger partial charge in [-0.05, 0) is 34.1 Å². The number of ether oxygens (including phenoxy) is 1. The van der Waals surface area contributed by atoms with Gasteiger partial charge in [-0.2, -0.15) is 0 Å². The van der Waals surface area contributed by atoms with Crippen molar-refractivity contribution in [1.29, 1.82) is 0 Å². The van der Waals surface area contributed by atoms with Gasteiger partial charge in [-0.25, -0.2) is 9.78 Å². The lowest BCUT2D eigenvalue weighted by molar-refractivity contribution is 0.00742. The van der Waals surface area contributed by atoms with Crippen LogP contribution in [0.1, 0.15) is 49.5 Å². The van der Waals surface area contributed by atoms with E-state index in [0.29, 0.717) is 16.3 Å². The molecule has 1 aliphatic heterocycles. The van der Waals surface area contributed by atoms with E-state index in [1.54, 1.807) is 0 Å². The van der Waals surface area contributed by atoms with Crippen LogP contribution in [0.15, 0.2) is 0 Å². The number of aromatic nitrogens is 1. The first-order valence-electron chi connectivity index (χ1n) is 7.50. The Balaban J connectivity index is 2.15. The molecule has 1 aliphatic rings. The van der Waals surface area contributed by atoms with Crippen LogP contribution in [0.3, 0.4) is 0 Å². The van der Waals surface area contributed by atoms with Gasteiger partial charge in [-0.3, -0.25) is 4.21 Å². The predicted octanol–water partition coefficient (Wildman–Crippen LogP) is 2.75. The van der Waals surface area contributed by atoms with Gasteiger partial charge in [0.2, 0.25) is 0 Å². The number of rotatable bonds is 2. The molecule has 0 bridgehead atoms. The fraction of sp³-hybridized carbons (Fsp3) is 0.733. The van der Waals surface area contributed by atoms with Crippen LogP contribution in [-0.2, 0) is 15.5 Å². The summed E-state index contributed by atoms with van der Waals surface area (Å²) in [6.07, 6.45) is 0.882. The molecule has 22 heavy (non-hydrogen) atoms. The van der Waals surface area contributed by atoms with Crippen molar-refractivity contribution in [2.24, 2.45) is 0 Å². The summed E-state index contributed by atoms with van der Waals surface area (Å²) in [7, 11) is -0.774. The molecule has 0 aromatic carbocycles. The van der Waals surface area contributed by atoms with Crippen molar-refractivity contribution in [3.05, 3.63) is 10.6 Å². The lowest BCUT2D eigenvalue weighted by Gasteiger charge is -2.19. The van der Waals surface area contributed by atoms with Gasteiger partial charge in [-0.15, -0.1) is 0 Å². The zero-order valence-electron chi connectivity index (χ0n) is 13.8. The highest BCUT2D eigenvalue weighted by Crippen LogP contribution is 2.29. The molecule has 0 aliphatic carbocycles. The van der Waals surface area contributed by atoms with Crippen molar-refractivity contribution in [3.63, 3.8) is 0 Å². The van der Waals surface area contributed by atoms with Gasteiger partial charge in [0.1, 0.15) is 10.5 Å². The molecule has 1 saturated heterocycles. The van der Waals surface area contributed by atoms with Crippen LogP contribution in [0.2, 0.25) is 0 Å². The highest BCUT2D eigenvalue weighted by Gasteiger charge is 2.26. The molecule has 124 valence electrons. The van der Waals surface area contributed by atoms with E-state index in [9.17, 15) is 9.00 Å². The van der Waals surface area contributed by atoms with Gasteiger partial charge >= 0.3 is 5.97 Å². The van der Waals surface area contributed by atoms with Crippen molar-refractivity contribution in [1.82, 2.24) is 4.98 Å². The van der Waals surface area contributed by atoms with E-state index in [4.69, 9.17) is 4.74 Å². The molecular weight excluding hydrogens is 320 g/mol. The quantitative estimate of drug-likeness (QED) is 0.772. The molecule has 1 aromatic rings. The number of carbonyl (C=O) groups excluding carboxylic acids is 1. The Bertz CT molecular complexity index is 578. The summed E-state index contributed by atoms with van der Waals surface area (Å²) >= 11 is 1.37. The second kappa shape index (κ2) is 6.66. The van der Waals surface area contributed by atoms with Crippen LogP contribution in [0.4, 0.5) is 5.13 Å². The lowest BCUT2D eigenvalue weighted by Crippen LogP contribution is -2.25. The predicted molar refractivity (Wildman–Crippen MR) is 91.3 cm³/mol. The minimum atomic E-state index is -0.774. The van der Waals surface area contributed by atoms with E-state index in [0.717, 1.165) is 24.6 Å². The molecule has 2 heterocycles. The average molecular weight is 345 g/mol. The Morgan fingerprint density at radius 1 is 1.41 bits per heavy atom. The number of hydrogen-bond donors (Lipinski definition) is 0. The first kappa shape index (κ1) is 17.4. The van der Waals surface area contributed by atoms with Crippen LogP contribution < -0.4 is 4.90 Å². The molecule has 5 nitrogen and oxygen atoms in total. The molecule has 1 fully saturated rings. The highest BCUT2D eigenvalue weighted by molar-refractivity contribution is 7.85. The Hall–Kier alpha value is -0.950. The van der Waals surface area contributed by atoms with Crippen molar-refractivity contribution < 1.29 is 13.7 Å². The molecule has 7 heteroatoms. The maximum absolute atomic E-state index is 12.2. The van der Waals surface area contributed by atoms with Crippen molar-refractivity contribution >= 4 is 33.2 Å². The molecule has 2 rings (SSSR count). The number of anilines is 1. The summed E-state index contributed by atoms with van der Waals surface area (Å²) in [5.74, 6) is 0.335. The maximum atomic E-state index is 12.2. The Kier molecular flexibility index (Phi) is 5.27. The molecular formula is C15H24N2O3S2. The van der Waals surface area contributed by atoms with Crippen LogP contribution >= 0.6 is 11.3 Å². The standard InChI is InChI=1S/C15H24N2O3S2/c1-10-6-7-17(8-9-22(10)19)14-16-11(2)12(21-14)13(18)20-15(3,4)5/h10H,6-9H2,1-5H3. The van der Waals surface area contributed by atoms with Crippen molar-refractivity contribution in [2.45, 2.75) is 51.9 Å². The van der Waals surface area contributed by atoms with E-state index in [2.05, 4.69) is 9.88 Å². The number of hydrogen-bond acceptors (Lipinski definition) is 6. The molecule has 0 spiro atoms. The van der Waals surface area contributed by atoms with Gasteiger partial charge in [0.25, 0.3) is 0 Å². The molecule has 1 aromatic heterocycles. The summed E-state index contributed by atoms with van der Waals surface area (Å²) in [4.78, 5) is 19.4. The summed E-state index contributed by atoms with van der Waals surface area (Å²) in [6, 6.07) is 0. The summed E-state index contributed by atoms with van der Waals surface area (Å²) in [6.45, 7) is 11.0. The fourth-order valence-electron chi connectivity index (χ4n) is 2.20. The van der Waals surface area contributed by atoms with Gasteiger partial charge in [0.15, 0.2) is 5.13 Å². The maximum Gasteiger partial charge on any atom is 0.350 e. The first-order valence-corrected chi connectivity index (χ1v) is 9.70. The fourth-order valence-corrected chi connectivity index (χ4v) is 4.37. The third kappa shape index (κ3) is 4.29. The third-order valence-electron chi connectivity index (χ3n) is 3.46. The van der Waals surface area contributed by atoms with Gasteiger partial charge in [0, 0.05) is 34.9 Å². The zero-order valence-corrected chi connectivity index (χ0v) is 15.5. The zero-order chi connectivity index (χ0) is 16.5. The monoisotopic (exact) mass is 344 g/mol. The van der Waals surface area contributed by atoms with E-state index < -0.39 is 16.4 Å². The summed E-state index contributed by atoms with van der Waals surface area (Å²) in [5.41, 5.74) is 0.190. The van der Waals surface area contributed by atoms with E-state index in [1.165, 1.54) is 11.3 Å². The minimum absolute atomic E-state index is 0.219. The van der Waals surface area contributed by atoms with Gasteiger partial charge < -0.3 is 9.64 Å².